The van der Waals surface area contributed by atoms with Crippen LogP contribution in [0.1, 0.15) is 115 Å². The van der Waals surface area contributed by atoms with Crippen LogP contribution in [0.3, 0.4) is 0 Å². The van der Waals surface area contributed by atoms with Crippen LogP contribution >= 0.6 is 0 Å². The van der Waals surface area contributed by atoms with Crippen molar-refractivity contribution in [3.05, 3.63) is 51.6 Å². The predicted molar refractivity (Wildman–Crippen MR) is 192 cm³/mol. The number of hydrogen-bond acceptors (Lipinski definition) is 15. The fourth-order valence-electron chi connectivity index (χ4n) is 8.85. The standard InChI is InChI=1S/C40H51NO14/c1-7-40(49)14-13-21-30(36(48)32-31(34(21)46)35(47)29-20(33(32)45)9-8-10-24(29)43)39(40)55-27-15-22(41(5)6)37(18(3)51-27)54-28-16-25(44)38(19(4)52-28)53-26-12-11-23(42)17(2)50-26/h8-10,17-19,22,25-28,37-39,43-44,46,48-49H,7,11-16H2,1-6H3. The highest BCUT2D eigenvalue weighted by molar-refractivity contribution is 6.31. The van der Waals surface area contributed by atoms with Crippen molar-refractivity contribution < 1.29 is 68.3 Å². The van der Waals surface area contributed by atoms with Gasteiger partial charge in [-0.25, -0.2) is 0 Å². The Kier molecular flexibility index (Phi) is 10.9. The van der Waals surface area contributed by atoms with E-state index in [2.05, 4.69) is 0 Å². The van der Waals surface area contributed by atoms with Crippen molar-refractivity contribution in [1.29, 1.82) is 0 Å². The van der Waals surface area contributed by atoms with Gasteiger partial charge in [0.1, 0.15) is 41.7 Å². The number of Topliss-reactive ketones (excluding diaryl/α,β-unsaturated/α-hetero) is 1. The molecule has 5 aliphatic rings. The molecule has 3 heterocycles. The average Bonchev–Trinajstić information content (AvgIpc) is 3.13. The summed E-state index contributed by atoms with van der Waals surface area (Å²) < 4.78 is 37.4. The molecule has 12 atom stereocenters. The van der Waals surface area contributed by atoms with Crippen LogP contribution in [0.4, 0.5) is 0 Å². The van der Waals surface area contributed by atoms with Crippen LogP contribution < -0.4 is 0 Å². The summed E-state index contributed by atoms with van der Waals surface area (Å²) in [5, 5.41) is 57.0. The molecular formula is C40H51NO14. The highest BCUT2D eigenvalue weighted by Crippen LogP contribution is 2.54. The summed E-state index contributed by atoms with van der Waals surface area (Å²) in [6.07, 6.45) is -6.14. The number of carbonyl (C=O) groups excluding carboxylic acids is 3. The lowest BCUT2D eigenvalue weighted by atomic mass is 9.71. The van der Waals surface area contributed by atoms with E-state index in [0.29, 0.717) is 12.8 Å². The van der Waals surface area contributed by atoms with Crippen LogP contribution in [0.2, 0.25) is 0 Å². The average molecular weight is 770 g/mol. The normalized spacial score (nSPS) is 36.4. The van der Waals surface area contributed by atoms with Crippen molar-refractivity contribution in [2.75, 3.05) is 14.1 Å². The van der Waals surface area contributed by atoms with Crippen LogP contribution in [-0.4, -0.2) is 129 Å². The molecule has 12 unspecified atom stereocenters. The number of aromatic hydroxyl groups is 3. The van der Waals surface area contributed by atoms with Crippen molar-refractivity contribution >= 4 is 17.3 Å². The van der Waals surface area contributed by atoms with Crippen LogP contribution in [-0.2, 0) is 39.6 Å². The molecule has 2 aromatic carbocycles. The minimum atomic E-state index is -1.55. The number of carbonyl (C=O) groups is 3. The van der Waals surface area contributed by atoms with Gasteiger partial charge < -0.3 is 58.9 Å². The Hall–Kier alpha value is -3.51. The molecule has 15 heteroatoms. The maximum atomic E-state index is 13.8. The Morgan fingerprint density at radius 2 is 1.47 bits per heavy atom. The molecular weight excluding hydrogens is 718 g/mol. The molecule has 7 rings (SSSR count). The van der Waals surface area contributed by atoms with Crippen LogP contribution in [0.5, 0.6) is 17.2 Å². The monoisotopic (exact) mass is 769 g/mol. The molecule has 15 nitrogen and oxygen atoms in total. The Balaban J connectivity index is 1.11. The quantitative estimate of drug-likeness (QED) is 0.209. The van der Waals surface area contributed by atoms with Gasteiger partial charge >= 0.3 is 0 Å². The first kappa shape index (κ1) is 39.7. The molecule has 0 amide bonds. The largest absolute Gasteiger partial charge is 0.507 e. The number of hydrogen-bond donors (Lipinski definition) is 5. The predicted octanol–water partition coefficient (Wildman–Crippen LogP) is 3.15. The second-order valence-electron chi connectivity index (χ2n) is 15.7. The Labute approximate surface area is 319 Å². The summed E-state index contributed by atoms with van der Waals surface area (Å²) >= 11 is 0. The highest BCUT2D eigenvalue weighted by atomic mass is 16.7. The lowest BCUT2D eigenvalue weighted by Crippen LogP contribution is -2.58. The third-order valence-corrected chi connectivity index (χ3v) is 12.0. The van der Waals surface area contributed by atoms with Crippen LogP contribution in [0, 0.1) is 0 Å². The first-order valence-corrected chi connectivity index (χ1v) is 19.1. The van der Waals surface area contributed by atoms with Crippen molar-refractivity contribution in [2.45, 2.75) is 146 Å². The number of benzene rings is 2. The maximum absolute atomic E-state index is 13.8. The van der Waals surface area contributed by atoms with E-state index in [-0.39, 0.29) is 66.2 Å². The molecule has 0 radical (unpaired) electrons. The van der Waals surface area contributed by atoms with Crippen molar-refractivity contribution in [2.24, 2.45) is 0 Å². The van der Waals surface area contributed by atoms with Crippen LogP contribution in [0.15, 0.2) is 18.2 Å². The summed E-state index contributed by atoms with van der Waals surface area (Å²) in [5.74, 6) is -3.05. The first-order chi connectivity index (χ1) is 26.0. The molecule has 2 aromatic rings. The van der Waals surface area contributed by atoms with Crippen molar-refractivity contribution in [3.63, 3.8) is 0 Å². The lowest BCUT2D eigenvalue weighted by Gasteiger charge is -2.48. The topological polar surface area (TPSA) is 211 Å². The SMILES string of the molecule is CCC1(O)CCc2c(O)c3c(c(O)c2C1OC1CC(N(C)C)C(OC2CC(O)C(OC4CCC(=O)C(C)O4)C(C)O2)C(C)O1)C(=O)c1cccc(O)c1C3=O. The molecule has 55 heavy (non-hydrogen) atoms. The fraction of sp³-hybridized carbons (Fsp3) is 0.625. The van der Waals surface area contributed by atoms with E-state index in [1.54, 1.807) is 20.8 Å². The third kappa shape index (κ3) is 6.97. The molecule has 3 aliphatic heterocycles. The number of ether oxygens (including phenoxy) is 6. The second kappa shape index (κ2) is 15.1. The van der Waals surface area contributed by atoms with Gasteiger partial charge in [-0.15, -0.1) is 0 Å². The third-order valence-electron chi connectivity index (χ3n) is 12.0. The van der Waals surface area contributed by atoms with E-state index >= 15 is 0 Å². The van der Waals surface area contributed by atoms with Crippen molar-refractivity contribution in [3.8, 4) is 17.2 Å². The molecule has 0 saturated carbocycles. The summed E-state index contributed by atoms with van der Waals surface area (Å²) in [4.78, 5) is 41.3. The number of likely N-dealkylation sites (N-methyl/N-ethyl adjacent to an activating group) is 1. The molecule has 300 valence electrons. The van der Waals surface area contributed by atoms with Gasteiger partial charge in [0.15, 0.2) is 30.4 Å². The van der Waals surface area contributed by atoms with Gasteiger partial charge in [-0.2, -0.15) is 0 Å². The van der Waals surface area contributed by atoms with Gasteiger partial charge in [0.05, 0.1) is 40.6 Å². The molecule has 5 N–H and O–H groups in total. The highest BCUT2D eigenvalue weighted by Gasteiger charge is 2.51. The second-order valence-corrected chi connectivity index (χ2v) is 15.7. The van der Waals surface area contributed by atoms with Crippen molar-refractivity contribution in [1.82, 2.24) is 4.90 Å². The van der Waals surface area contributed by atoms with E-state index in [1.807, 2.05) is 25.9 Å². The Bertz CT molecular complexity index is 1840. The van der Waals surface area contributed by atoms with E-state index in [9.17, 15) is 39.9 Å². The summed E-state index contributed by atoms with van der Waals surface area (Å²) in [6, 6.07) is 3.73. The number of phenolic OH excluding ortho intramolecular Hbond substituents is 3. The summed E-state index contributed by atoms with van der Waals surface area (Å²) in [5.41, 5.74) is -2.57. The number of ketones is 3. The molecule has 0 spiro atoms. The van der Waals surface area contributed by atoms with Gasteiger partial charge in [0, 0.05) is 48.4 Å². The molecule has 3 saturated heterocycles. The summed E-state index contributed by atoms with van der Waals surface area (Å²) in [7, 11) is 3.75. The zero-order valence-corrected chi connectivity index (χ0v) is 31.9. The Morgan fingerprint density at radius 3 is 2.13 bits per heavy atom. The van der Waals surface area contributed by atoms with E-state index in [1.165, 1.54) is 18.2 Å². The molecule has 0 aromatic heterocycles. The van der Waals surface area contributed by atoms with Gasteiger partial charge in [0.2, 0.25) is 5.78 Å². The minimum Gasteiger partial charge on any atom is -0.507 e. The summed E-state index contributed by atoms with van der Waals surface area (Å²) in [6.45, 7) is 7.04. The van der Waals surface area contributed by atoms with Gasteiger partial charge in [0.25, 0.3) is 0 Å². The number of aliphatic hydroxyl groups excluding tert-OH is 1. The van der Waals surface area contributed by atoms with E-state index in [0.717, 1.165) is 0 Å². The lowest BCUT2D eigenvalue weighted by molar-refractivity contribution is -0.328. The zero-order chi connectivity index (χ0) is 39.7. The Morgan fingerprint density at radius 1 is 0.818 bits per heavy atom. The van der Waals surface area contributed by atoms with E-state index < -0.39 is 107 Å². The maximum Gasteiger partial charge on any atom is 0.202 e. The molecule has 0 bridgehead atoms. The number of aliphatic hydroxyl groups is 2. The number of phenols is 3. The molecule has 3 fully saturated rings. The van der Waals surface area contributed by atoms with Gasteiger partial charge in [-0.05, 0) is 60.2 Å². The first-order valence-electron chi connectivity index (χ1n) is 19.1. The molecule has 2 aliphatic carbocycles. The fourth-order valence-corrected chi connectivity index (χ4v) is 8.85. The number of nitrogens with zero attached hydrogens (tertiary/aromatic N) is 1. The van der Waals surface area contributed by atoms with Gasteiger partial charge in [-0.1, -0.05) is 19.1 Å². The van der Waals surface area contributed by atoms with Crippen LogP contribution in [0.25, 0.3) is 0 Å². The minimum absolute atomic E-state index is 0.00247. The smallest absolute Gasteiger partial charge is 0.202 e. The van der Waals surface area contributed by atoms with E-state index in [4.69, 9.17) is 28.4 Å². The zero-order valence-electron chi connectivity index (χ0n) is 31.9. The van der Waals surface area contributed by atoms with Gasteiger partial charge in [-0.3, -0.25) is 14.4 Å². The number of rotatable bonds is 8. The number of fused-ring (bicyclic) bond motifs is 3.